The van der Waals surface area contributed by atoms with Crippen molar-refractivity contribution in [2.45, 2.75) is 25.2 Å². The normalized spacial score (nSPS) is 15.8. The first kappa shape index (κ1) is 45.8. The van der Waals surface area contributed by atoms with Gasteiger partial charge < -0.3 is 20.1 Å². The standard InChI is InChI=1S/C42H32F6N4O6S4/c43-41(44,45)27-11-3-5-13-29(27)49-35(53)17-19-51-37(55)33(61-39(51)59)23-25-9-1-7-15-31(25)57-21-22-58-32-16-8-2-10-26(32)24-34-38(56)52(40(60)62-34)20-18-36(54)50-30-14-6-4-12-28(30)42(46,47)48/h1-16,23-24H,17-22H2,(H,49,53)(H,50,54)/b33-23-,34-24-. The van der Waals surface area contributed by atoms with E-state index in [9.17, 15) is 45.5 Å². The van der Waals surface area contributed by atoms with Crippen LogP contribution in [0.3, 0.4) is 0 Å². The molecule has 2 fully saturated rings. The van der Waals surface area contributed by atoms with Gasteiger partial charge in [0, 0.05) is 37.1 Å². The summed E-state index contributed by atoms with van der Waals surface area (Å²) in [6.45, 7) is -0.188. The van der Waals surface area contributed by atoms with Crippen molar-refractivity contribution in [3.63, 3.8) is 0 Å². The number of amides is 4. The maximum Gasteiger partial charge on any atom is 0.418 e. The average molecular weight is 931 g/mol. The second kappa shape index (κ2) is 20.0. The summed E-state index contributed by atoms with van der Waals surface area (Å²) < 4.78 is 92.5. The number of thiocarbonyl (C=S) groups is 2. The summed E-state index contributed by atoms with van der Waals surface area (Å²) in [5.74, 6) is -1.58. The zero-order valence-corrected chi connectivity index (χ0v) is 35.1. The van der Waals surface area contributed by atoms with Gasteiger partial charge in [0.2, 0.25) is 11.8 Å². The Morgan fingerprint density at radius 1 is 0.581 bits per heavy atom. The Balaban J connectivity index is 1.01. The predicted octanol–water partition coefficient (Wildman–Crippen LogP) is 9.64. The van der Waals surface area contributed by atoms with E-state index in [1.54, 1.807) is 60.7 Å². The number of anilines is 2. The van der Waals surface area contributed by atoms with E-state index in [1.807, 2.05) is 0 Å². The molecule has 0 aromatic heterocycles. The monoisotopic (exact) mass is 930 g/mol. The van der Waals surface area contributed by atoms with Crippen molar-refractivity contribution in [2.24, 2.45) is 0 Å². The molecule has 2 saturated heterocycles. The molecule has 0 radical (unpaired) electrons. The Labute approximate surface area is 369 Å². The minimum Gasteiger partial charge on any atom is -0.489 e. The van der Waals surface area contributed by atoms with Gasteiger partial charge in [-0.15, -0.1) is 0 Å². The summed E-state index contributed by atoms with van der Waals surface area (Å²) in [7, 11) is 0. The maximum atomic E-state index is 13.4. The molecular formula is C42H32F6N4O6S4. The smallest absolute Gasteiger partial charge is 0.418 e. The number of benzene rings is 4. The Bertz CT molecular complexity index is 2310. The van der Waals surface area contributed by atoms with Gasteiger partial charge in [-0.3, -0.25) is 29.0 Å². The van der Waals surface area contributed by atoms with Crippen LogP contribution in [-0.4, -0.2) is 68.4 Å². The van der Waals surface area contributed by atoms with Crippen molar-refractivity contribution in [1.82, 2.24) is 9.80 Å². The van der Waals surface area contributed by atoms with E-state index >= 15 is 0 Å². The third-order valence-corrected chi connectivity index (χ3v) is 11.7. The van der Waals surface area contributed by atoms with Crippen molar-refractivity contribution < 1.29 is 55.0 Å². The van der Waals surface area contributed by atoms with Crippen LogP contribution in [0.4, 0.5) is 37.7 Å². The second-order valence-electron chi connectivity index (χ2n) is 13.1. The fourth-order valence-electron chi connectivity index (χ4n) is 5.96. The lowest BCUT2D eigenvalue weighted by Crippen LogP contribution is -2.31. The number of thioether (sulfide) groups is 2. The quantitative estimate of drug-likeness (QED) is 0.0517. The number of nitrogens with one attached hydrogen (secondary N) is 2. The van der Waals surface area contributed by atoms with Gasteiger partial charge in [0.1, 0.15) is 33.4 Å². The fourth-order valence-corrected chi connectivity index (χ4v) is 8.56. The van der Waals surface area contributed by atoms with Crippen LogP contribution in [0, 0.1) is 0 Å². The zero-order valence-electron chi connectivity index (χ0n) is 31.9. The number of ether oxygens (including phenoxy) is 2. The van der Waals surface area contributed by atoms with Crippen LogP contribution >= 0.6 is 48.0 Å². The highest BCUT2D eigenvalue weighted by Gasteiger charge is 2.36. The molecule has 0 atom stereocenters. The van der Waals surface area contributed by atoms with E-state index in [2.05, 4.69) is 10.6 Å². The first-order valence-corrected chi connectivity index (χ1v) is 20.8. The van der Waals surface area contributed by atoms with Gasteiger partial charge in [-0.05, 0) is 48.6 Å². The number of hydrogen-bond acceptors (Lipinski definition) is 10. The number of halogens is 6. The van der Waals surface area contributed by atoms with Crippen molar-refractivity contribution in [3.8, 4) is 11.5 Å². The van der Waals surface area contributed by atoms with Gasteiger partial charge >= 0.3 is 12.4 Å². The Morgan fingerprint density at radius 2 is 0.935 bits per heavy atom. The van der Waals surface area contributed by atoms with E-state index in [0.717, 1.165) is 47.8 Å². The molecule has 2 aliphatic heterocycles. The summed E-state index contributed by atoms with van der Waals surface area (Å²) in [5, 5.41) is 4.52. The molecule has 2 aliphatic rings. The largest absolute Gasteiger partial charge is 0.489 e. The highest BCUT2D eigenvalue weighted by Crippen LogP contribution is 2.38. The summed E-state index contributed by atoms with van der Waals surface area (Å²) >= 11 is 12.8. The summed E-state index contributed by atoms with van der Waals surface area (Å²) in [6.07, 6.45) is -6.77. The molecule has 0 saturated carbocycles. The predicted molar refractivity (Wildman–Crippen MR) is 233 cm³/mol. The lowest BCUT2D eigenvalue weighted by Gasteiger charge is -2.16. The van der Waals surface area contributed by atoms with E-state index < -0.39 is 58.5 Å². The molecule has 4 amide bonds. The van der Waals surface area contributed by atoms with E-state index in [1.165, 1.54) is 34.1 Å². The van der Waals surface area contributed by atoms with Crippen LogP contribution in [0.25, 0.3) is 12.2 Å². The minimum absolute atomic E-state index is 0.0599. The van der Waals surface area contributed by atoms with E-state index in [-0.39, 0.29) is 57.6 Å². The van der Waals surface area contributed by atoms with Gasteiger partial charge in [0.15, 0.2) is 0 Å². The molecule has 4 aromatic carbocycles. The third kappa shape index (κ3) is 11.6. The number of alkyl halides is 6. The molecule has 322 valence electrons. The minimum atomic E-state index is -4.67. The molecule has 0 unspecified atom stereocenters. The number of nitrogens with zero attached hydrogens (tertiary/aromatic N) is 2. The topological polar surface area (TPSA) is 117 Å². The van der Waals surface area contributed by atoms with Crippen LogP contribution in [0.2, 0.25) is 0 Å². The molecule has 62 heavy (non-hydrogen) atoms. The van der Waals surface area contributed by atoms with Crippen LogP contribution < -0.4 is 20.1 Å². The maximum absolute atomic E-state index is 13.4. The van der Waals surface area contributed by atoms with Crippen molar-refractivity contribution in [3.05, 3.63) is 129 Å². The van der Waals surface area contributed by atoms with Gasteiger partial charge in [-0.25, -0.2) is 0 Å². The first-order valence-electron chi connectivity index (χ1n) is 18.4. The summed E-state index contributed by atoms with van der Waals surface area (Å²) in [4.78, 5) is 54.7. The summed E-state index contributed by atoms with van der Waals surface area (Å²) in [5.41, 5.74) is -1.68. The molecule has 0 spiro atoms. The second-order valence-corrected chi connectivity index (χ2v) is 16.5. The molecular weight excluding hydrogens is 899 g/mol. The molecule has 6 rings (SSSR count). The first-order chi connectivity index (χ1) is 29.5. The third-order valence-electron chi connectivity index (χ3n) is 8.89. The highest BCUT2D eigenvalue weighted by molar-refractivity contribution is 8.27. The van der Waals surface area contributed by atoms with E-state index in [0.29, 0.717) is 22.6 Å². The molecule has 0 bridgehead atoms. The van der Waals surface area contributed by atoms with Crippen LogP contribution in [0.15, 0.2) is 107 Å². The number of para-hydroxylation sites is 4. The van der Waals surface area contributed by atoms with Gasteiger partial charge in [-0.1, -0.05) is 109 Å². The van der Waals surface area contributed by atoms with Crippen molar-refractivity contribution in [2.75, 3.05) is 36.9 Å². The fraction of sp³-hybridized carbons (Fsp3) is 0.190. The van der Waals surface area contributed by atoms with Crippen LogP contribution in [-0.2, 0) is 31.5 Å². The Hall–Kier alpha value is -5.70. The molecule has 20 heteroatoms. The lowest BCUT2D eigenvalue weighted by atomic mass is 10.1. The van der Waals surface area contributed by atoms with E-state index in [4.69, 9.17) is 33.9 Å². The molecule has 2 N–H and O–H groups in total. The van der Waals surface area contributed by atoms with Crippen LogP contribution in [0.5, 0.6) is 11.5 Å². The van der Waals surface area contributed by atoms with Crippen molar-refractivity contribution >= 4 is 104 Å². The Kier molecular flexibility index (Phi) is 14.8. The summed E-state index contributed by atoms with van der Waals surface area (Å²) in [6, 6.07) is 22.9. The van der Waals surface area contributed by atoms with Gasteiger partial charge in [0.05, 0.1) is 32.3 Å². The Morgan fingerprint density at radius 3 is 1.32 bits per heavy atom. The number of carbonyl (C=O) groups excluding carboxylic acids is 4. The average Bonchev–Trinajstić information content (AvgIpc) is 3.64. The molecule has 0 aliphatic carbocycles. The van der Waals surface area contributed by atoms with Gasteiger partial charge in [-0.2, -0.15) is 26.3 Å². The van der Waals surface area contributed by atoms with Gasteiger partial charge in [0.25, 0.3) is 11.8 Å². The number of rotatable bonds is 15. The highest BCUT2D eigenvalue weighted by atomic mass is 32.2. The van der Waals surface area contributed by atoms with Crippen molar-refractivity contribution in [1.29, 1.82) is 0 Å². The zero-order chi connectivity index (χ0) is 44.6. The molecule has 10 nitrogen and oxygen atoms in total. The SMILES string of the molecule is O=C(CCN1C(=O)/C(=C/c2ccccc2OCCOc2ccccc2/C=C2\SC(=S)N(CCC(=O)Nc3ccccc3C(F)(F)F)C2=O)SC1=S)Nc1ccccc1C(F)(F)F. The number of carbonyl (C=O) groups is 4. The molecule has 4 aromatic rings. The van der Waals surface area contributed by atoms with Crippen LogP contribution in [0.1, 0.15) is 35.1 Å². The number of hydrogen-bond donors (Lipinski definition) is 2. The lowest BCUT2D eigenvalue weighted by molar-refractivity contribution is -0.138. The molecule has 2 heterocycles.